The highest BCUT2D eigenvalue weighted by atomic mass is 16.7. The number of hydrogen-bond donors (Lipinski definition) is 7. The molecule has 2 unspecified atom stereocenters. The van der Waals surface area contributed by atoms with Crippen molar-refractivity contribution in [2.75, 3.05) is 19.8 Å². The molecule has 0 radical (unpaired) electrons. The van der Waals surface area contributed by atoms with Crippen molar-refractivity contribution in [3.05, 3.63) is 0 Å². The highest BCUT2D eigenvalue weighted by Gasteiger charge is 2.50. The average Bonchev–Trinajstić information content (AvgIpc) is 2.87. The van der Waals surface area contributed by atoms with Gasteiger partial charge in [0, 0.05) is 0 Å². The molecule has 0 aliphatic carbocycles. The van der Waals surface area contributed by atoms with Crippen molar-refractivity contribution < 1.29 is 54.7 Å². The van der Waals surface area contributed by atoms with E-state index in [1.165, 1.54) is 25.7 Å². The first-order chi connectivity index (χ1) is 18.0. The van der Waals surface area contributed by atoms with Gasteiger partial charge < -0.3 is 54.7 Å². The van der Waals surface area contributed by atoms with Crippen LogP contribution in [-0.4, -0.2) is 117 Å². The lowest BCUT2D eigenvalue weighted by Crippen LogP contribution is -2.64. The molecule has 2 heterocycles. The van der Waals surface area contributed by atoms with Gasteiger partial charge in [0.2, 0.25) is 0 Å². The van der Waals surface area contributed by atoms with Crippen LogP contribution in [0.1, 0.15) is 72.6 Å². The van der Waals surface area contributed by atoms with Gasteiger partial charge in [-0.05, 0) is 24.2 Å². The number of ether oxygens (including phenoxy) is 4. The Balaban J connectivity index is 1.78. The minimum Gasteiger partial charge on any atom is -0.394 e. The van der Waals surface area contributed by atoms with Crippen LogP contribution in [0.25, 0.3) is 0 Å². The monoisotopic (exact) mass is 552 g/mol. The maximum atomic E-state index is 10.7. The average molecular weight is 553 g/mol. The fourth-order valence-electron chi connectivity index (χ4n) is 5.06. The van der Waals surface area contributed by atoms with Gasteiger partial charge in [0.1, 0.15) is 48.8 Å². The Labute approximate surface area is 226 Å². The van der Waals surface area contributed by atoms with E-state index in [1.807, 2.05) is 0 Å². The predicted octanol–water partition coefficient (Wildman–Crippen LogP) is 0.286. The summed E-state index contributed by atoms with van der Waals surface area (Å²) >= 11 is 0. The topological polar surface area (TPSA) is 179 Å². The van der Waals surface area contributed by atoms with E-state index in [2.05, 4.69) is 27.7 Å². The van der Waals surface area contributed by atoms with E-state index >= 15 is 0 Å². The highest BCUT2D eigenvalue weighted by molar-refractivity contribution is 4.94. The molecule has 0 bridgehead atoms. The molecule has 2 fully saturated rings. The largest absolute Gasteiger partial charge is 0.394 e. The molecule has 0 aromatic heterocycles. The summed E-state index contributed by atoms with van der Waals surface area (Å²) in [7, 11) is 0. The van der Waals surface area contributed by atoms with Crippen LogP contribution < -0.4 is 0 Å². The molecule has 11 heteroatoms. The van der Waals surface area contributed by atoms with Crippen molar-refractivity contribution in [1.82, 2.24) is 0 Å². The van der Waals surface area contributed by atoms with Gasteiger partial charge in [-0.15, -0.1) is 0 Å². The second kappa shape index (κ2) is 16.7. The zero-order chi connectivity index (χ0) is 28.4. The van der Waals surface area contributed by atoms with Gasteiger partial charge in [0.05, 0.1) is 19.8 Å². The summed E-state index contributed by atoms with van der Waals surface area (Å²) in [4.78, 5) is 0. The second-order valence-electron chi connectivity index (χ2n) is 11.6. The maximum absolute atomic E-state index is 10.7. The molecule has 12 atom stereocenters. The smallest absolute Gasteiger partial charge is 0.187 e. The lowest BCUT2D eigenvalue weighted by Gasteiger charge is -2.46. The molecule has 2 rings (SSSR count). The number of rotatable bonds is 16. The summed E-state index contributed by atoms with van der Waals surface area (Å²) in [6.45, 7) is 8.05. The fourth-order valence-corrected chi connectivity index (χ4v) is 5.06. The van der Waals surface area contributed by atoms with Crippen LogP contribution in [-0.2, 0) is 18.9 Å². The summed E-state index contributed by atoms with van der Waals surface area (Å²) in [6, 6.07) is 0. The fraction of sp³-hybridized carbons (Fsp3) is 1.00. The minimum atomic E-state index is -1.70. The first-order valence-electron chi connectivity index (χ1n) is 14.2. The molecule has 226 valence electrons. The SMILES string of the molecule is CC(C)CCCC(C)CCCC(C)CCO[C@@H]1O[C@H](CO)[C@@H](O[C@H]2O[C@H](CO)[C@@H](O)[C@H](O)[C@H]2O)[C@H](O)[C@H]1O. The van der Waals surface area contributed by atoms with Crippen LogP contribution in [0.2, 0.25) is 0 Å². The summed E-state index contributed by atoms with van der Waals surface area (Å²) in [5.41, 5.74) is 0. The quantitative estimate of drug-likeness (QED) is 0.140. The van der Waals surface area contributed by atoms with Crippen LogP contribution in [0.4, 0.5) is 0 Å². The van der Waals surface area contributed by atoms with E-state index in [-0.39, 0.29) is 0 Å². The lowest BCUT2D eigenvalue weighted by molar-refractivity contribution is -0.359. The van der Waals surface area contributed by atoms with E-state index in [9.17, 15) is 35.7 Å². The van der Waals surface area contributed by atoms with Crippen LogP contribution >= 0.6 is 0 Å². The maximum Gasteiger partial charge on any atom is 0.187 e. The van der Waals surface area contributed by atoms with Crippen LogP contribution in [0, 0.1) is 17.8 Å². The Bertz CT molecular complexity index is 634. The van der Waals surface area contributed by atoms with E-state index < -0.39 is 74.6 Å². The van der Waals surface area contributed by atoms with Gasteiger partial charge in [-0.25, -0.2) is 0 Å². The standard InChI is InChI=1S/C27H52O11/c1-15(2)7-5-8-16(3)9-6-10-17(4)11-12-35-26-24(34)22(32)25(19(14-29)37-26)38-27-23(33)21(31)20(30)18(13-28)36-27/h15-34H,5-14H2,1-4H3/t16?,17?,18-,19-,20-,21+,22-,23-,24-,25-,26-,27-/m1/s1. The van der Waals surface area contributed by atoms with Crippen molar-refractivity contribution in [3.63, 3.8) is 0 Å². The van der Waals surface area contributed by atoms with E-state index in [4.69, 9.17) is 18.9 Å². The molecule has 2 aliphatic heterocycles. The Kier molecular flexibility index (Phi) is 14.9. The Morgan fingerprint density at radius 2 is 1.13 bits per heavy atom. The number of aliphatic hydroxyl groups excluding tert-OH is 7. The first-order valence-corrected chi connectivity index (χ1v) is 14.2. The summed E-state index contributed by atoms with van der Waals surface area (Å²) in [5.74, 6) is 1.89. The van der Waals surface area contributed by atoms with Crippen molar-refractivity contribution in [1.29, 1.82) is 0 Å². The van der Waals surface area contributed by atoms with Crippen molar-refractivity contribution in [3.8, 4) is 0 Å². The zero-order valence-electron chi connectivity index (χ0n) is 23.3. The van der Waals surface area contributed by atoms with Crippen LogP contribution in [0.15, 0.2) is 0 Å². The third-order valence-electron chi connectivity index (χ3n) is 7.73. The lowest BCUT2D eigenvalue weighted by atomic mass is 9.93. The van der Waals surface area contributed by atoms with E-state index in [0.717, 1.165) is 31.1 Å². The number of aliphatic hydroxyl groups is 7. The van der Waals surface area contributed by atoms with Gasteiger partial charge in [-0.1, -0.05) is 66.2 Å². The molecule has 38 heavy (non-hydrogen) atoms. The third-order valence-corrected chi connectivity index (χ3v) is 7.73. The van der Waals surface area contributed by atoms with Gasteiger partial charge in [0.15, 0.2) is 12.6 Å². The summed E-state index contributed by atoms with van der Waals surface area (Å²) in [5, 5.41) is 70.6. The molecular weight excluding hydrogens is 500 g/mol. The Morgan fingerprint density at radius 3 is 1.71 bits per heavy atom. The van der Waals surface area contributed by atoms with Crippen LogP contribution in [0.3, 0.4) is 0 Å². The second-order valence-corrected chi connectivity index (χ2v) is 11.6. The minimum absolute atomic E-state index is 0.302. The zero-order valence-corrected chi connectivity index (χ0v) is 23.3. The molecule has 11 nitrogen and oxygen atoms in total. The molecular formula is C27H52O11. The van der Waals surface area contributed by atoms with Crippen molar-refractivity contribution in [2.45, 2.75) is 134 Å². The summed E-state index contributed by atoms with van der Waals surface area (Å²) in [6.07, 6.45) is -6.42. The van der Waals surface area contributed by atoms with E-state index in [1.54, 1.807) is 0 Å². The van der Waals surface area contributed by atoms with Gasteiger partial charge in [0.25, 0.3) is 0 Å². The first kappa shape index (κ1) is 33.8. The number of hydrogen-bond acceptors (Lipinski definition) is 11. The van der Waals surface area contributed by atoms with Gasteiger partial charge >= 0.3 is 0 Å². The predicted molar refractivity (Wildman–Crippen MR) is 138 cm³/mol. The van der Waals surface area contributed by atoms with Crippen molar-refractivity contribution in [2.24, 2.45) is 17.8 Å². The van der Waals surface area contributed by atoms with Crippen molar-refractivity contribution >= 4 is 0 Å². The molecule has 7 N–H and O–H groups in total. The molecule has 2 aliphatic rings. The Hall–Kier alpha value is -0.440. The molecule has 0 spiro atoms. The van der Waals surface area contributed by atoms with Crippen LogP contribution in [0.5, 0.6) is 0 Å². The molecule has 0 aromatic rings. The van der Waals surface area contributed by atoms with Gasteiger partial charge in [-0.3, -0.25) is 0 Å². The van der Waals surface area contributed by atoms with Gasteiger partial charge in [-0.2, -0.15) is 0 Å². The Morgan fingerprint density at radius 1 is 0.605 bits per heavy atom. The molecule has 0 saturated carbocycles. The van der Waals surface area contributed by atoms with E-state index in [0.29, 0.717) is 12.5 Å². The third kappa shape index (κ3) is 9.88. The molecule has 2 saturated heterocycles. The summed E-state index contributed by atoms with van der Waals surface area (Å²) < 4.78 is 22.2. The molecule has 0 aromatic carbocycles. The normalized spacial score (nSPS) is 37.9. The molecule has 0 amide bonds. The highest BCUT2D eigenvalue weighted by Crippen LogP contribution is 2.30.